The van der Waals surface area contributed by atoms with Crippen molar-refractivity contribution in [2.45, 2.75) is 6.54 Å². The average Bonchev–Trinajstić information content (AvgIpc) is 3.19. The van der Waals surface area contributed by atoms with Crippen LogP contribution in [0.5, 0.6) is 0 Å². The van der Waals surface area contributed by atoms with Crippen LogP contribution in [0.25, 0.3) is 10.9 Å². The van der Waals surface area contributed by atoms with Gasteiger partial charge >= 0.3 is 5.97 Å². The topological polar surface area (TPSA) is 98.6 Å². The van der Waals surface area contributed by atoms with Crippen molar-refractivity contribution >= 4 is 28.5 Å². The van der Waals surface area contributed by atoms with Gasteiger partial charge in [-0.05, 0) is 30.3 Å². The number of rotatable bonds is 5. The van der Waals surface area contributed by atoms with Gasteiger partial charge in [-0.1, -0.05) is 0 Å². The largest absolute Gasteiger partial charge is 0.477 e. The minimum absolute atomic E-state index is 0.0700. The van der Waals surface area contributed by atoms with Gasteiger partial charge in [-0.15, -0.1) is 0 Å². The van der Waals surface area contributed by atoms with Crippen molar-refractivity contribution in [1.29, 1.82) is 0 Å². The first-order chi connectivity index (χ1) is 11.5. The number of nitrogens with zero attached hydrogens (tertiary/aromatic N) is 1. The second-order valence-corrected chi connectivity index (χ2v) is 5.57. The third kappa shape index (κ3) is 2.83. The van der Waals surface area contributed by atoms with E-state index in [1.165, 1.54) is 6.26 Å². The lowest BCUT2D eigenvalue weighted by molar-refractivity contribution is 0.0689. The minimum atomic E-state index is -1.07. The van der Waals surface area contributed by atoms with Crippen LogP contribution >= 0.6 is 0 Å². The summed E-state index contributed by atoms with van der Waals surface area (Å²) in [6, 6.07) is 8.79. The van der Waals surface area contributed by atoms with Crippen LogP contribution in [0.3, 0.4) is 0 Å². The molecule has 7 heteroatoms. The van der Waals surface area contributed by atoms with E-state index in [9.17, 15) is 14.7 Å². The van der Waals surface area contributed by atoms with E-state index in [0.717, 1.165) is 11.1 Å². The van der Waals surface area contributed by atoms with Crippen molar-refractivity contribution in [3.05, 3.63) is 53.6 Å². The third-order valence-corrected chi connectivity index (χ3v) is 3.79. The van der Waals surface area contributed by atoms with Crippen LogP contribution in [-0.2, 0) is 6.54 Å². The molecule has 24 heavy (non-hydrogen) atoms. The van der Waals surface area contributed by atoms with Crippen LogP contribution in [0.4, 0.5) is 5.69 Å². The summed E-state index contributed by atoms with van der Waals surface area (Å²) in [5.74, 6) is -1.28. The van der Waals surface area contributed by atoms with Crippen LogP contribution < -0.4 is 10.2 Å². The molecule has 0 atom stereocenters. The maximum Gasteiger partial charge on any atom is 0.352 e. The molecule has 1 aromatic carbocycles. The van der Waals surface area contributed by atoms with Crippen LogP contribution in [0.1, 0.15) is 26.6 Å². The SMILES string of the molecule is CN(C)c1ccc2[nH]c(C(=O)O)c(CNC(=O)c3ccco3)c2c1. The zero-order chi connectivity index (χ0) is 17.3. The normalized spacial score (nSPS) is 10.8. The number of benzene rings is 1. The zero-order valence-corrected chi connectivity index (χ0v) is 13.3. The molecule has 7 nitrogen and oxygen atoms in total. The van der Waals surface area contributed by atoms with E-state index in [-0.39, 0.29) is 18.0 Å². The molecule has 3 rings (SSSR count). The number of hydrogen-bond acceptors (Lipinski definition) is 4. The molecule has 0 radical (unpaired) electrons. The number of fused-ring (bicyclic) bond motifs is 1. The first-order valence-corrected chi connectivity index (χ1v) is 7.34. The van der Waals surface area contributed by atoms with Gasteiger partial charge in [-0.3, -0.25) is 4.79 Å². The number of carboxylic acid groups (broad SMARTS) is 1. The number of aromatic carboxylic acids is 1. The van der Waals surface area contributed by atoms with Gasteiger partial charge in [0.15, 0.2) is 5.76 Å². The lowest BCUT2D eigenvalue weighted by atomic mass is 10.1. The predicted octanol–water partition coefficient (Wildman–Crippen LogP) is 2.46. The van der Waals surface area contributed by atoms with E-state index in [2.05, 4.69) is 10.3 Å². The number of aromatic nitrogens is 1. The number of furan rings is 1. The van der Waals surface area contributed by atoms with Gasteiger partial charge in [0.2, 0.25) is 0 Å². The summed E-state index contributed by atoms with van der Waals surface area (Å²) in [5.41, 5.74) is 2.25. The summed E-state index contributed by atoms with van der Waals surface area (Å²) in [7, 11) is 3.81. The Morgan fingerprint density at radius 3 is 2.71 bits per heavy atom. The lowest BCUT2D eigenvalue weighted by Gasteiger charge is -2.12. The van der Waals surface area contributed by atoms with E-state index in [1.807, 2.05) is 37.2 Å². The Balaban J connectivity index is 1.97. The molecule has 3 aromatic rings. The summed E-state index contributed by atoms with van der Waals surface area (Å²) < 4.78 is 5.04. The van der Waals surface area contributed by atoms with Crippen molar-refractivity contribution in [2.75, 3.05) is 19.0 Å². The molecule has 2 heterocycles. The van der Waals surface area contributed by atoms with Crippen LogP contribution in [0.15, 0.2) is 41.0 Å². The molecule has 0 unspecified atom stereocenters. The fourth-order valence-corrected chi connectivity index (χ4v) is 2.54. The van der Waals surface area contributed by atoms with Gasteiger partial charge in [0.05, 0.1) is 6.26 Å². The van der Waals surface area contributed by atoms with E-state index in [1.54, 1.807) is 12.1 Å². The number of nitrogens with one attached hydrogen (secondary N) is 2. The Hall–Kier alpha value is -3.22. The smallest absolute Gasteiger partial charge is 0.352 e. The van der Waals surface area contributed by atoms with Gasteiger partial charge in [0.1, 0.15) is 5.69 Å². The van der Waals surface area contributed by atoms with Gasteiger partial charge in [0.25, 0.3) is 5.91 Å². The molecular formula is C17H17N3O4. The van der Waals surface area contributed by atoms with Crippen molar-refractivity contribution in [1.82, 2.24) is 10.3 Å². The molecule has 0 aliphatic heterocycles. The maximum atomic E-state index is 12.0. The second kappa shape index (κ2) is 6.11. The highest BCUT2D eigenvalue weighted by Crippen LogP contribution is 2.27. The number of carbonyl (C=O) groups excluding carboxylic acids is 1. The highest BCUT2D eigenvalue weighted by atomic mass is 16.4. The van der Waals surface area contributed by atoms with Gasteiger partial charge in [0, 0.05) is 42.8 Å². The van der Waals surface area contributed by atoms with E-state index in [0.29, 0.717) is 11.1 Å². The number of hydrogen-bond donors (Lipinski definition) is 3. The summed E-state index contributed by atoms with van der Waals surface area (Å²) in [4.78, 5) is 28.4. The molecule has 1 amide bonds. The number of carboxylic acids is 1. The number of H-pyrrole nitrogens is 1. The average molecular weight is 327 g/mol. The van der Waals surface area contributed by atoms with Crippen molar-refractivity contribution in [3.63, 3.8) is 0 Å². The molecule has 2 aromatic heterocycles. The Morgan fingerprint density at radius 2 is 2.08 bits per heavy atom. The molecule has 0 aliphatic rings. The van der Waals surface area contributed by atoms with E-state index in [4.69, 9.17) is 4.42 Å². The molecule has 0 saturated heterocycles. The van der Waals surface area contributed by atoms with Crippen LogP contribution in [0, 0.1) is 0 Å². The Kier molecular flexibility index (Phi) is 3.99. The Bertz CT molecular complexity index is 894. The quantitative estimate of drug-likeness (QED) is 0.668. The fourth-order valence-electron chi connectivity index (χ4n) is 2.54. The summed E-state index contributed by atoms with van der Waals surface area (Å²) in [5, 5.41) is 12.9. The predicted molar refractivity (Wildman–Crippen MR) is 89.5 cm³/mol. The molecule has 0 aliphatic carbocycles. The lowest BCUT2D eigenvalue weighted by Crippen LogP contribution is -2.23. The molecule has 0 fully saturated rings. The number of amides is 1. The molecule has 124 valence electrons. The van der Waals surface area contributed by atoms with Crippen molar-refractivity contribution < 1.29 is 19.1 Å². The standard InChI is InChI=1S/C17H17N3O4/c1-20(2)10-5-6-13-11(8-10)12(15(19-13)17(22)23)9-18-16(21)14-4-3-7-24-14/h3-8,19H,9H2,1-2H3,(H,18,21)(H,22,23). The first-order valence-electron chi connectivity index (χ1n) is 7.34. The summed E-state index contributed by atoms with van der Waals surface area (Å²) >= 11 is 0. The fraction of sp³-hybridized carbons (Fsp3) is 0.176. The van der Waals surface area contributed by atoms with Crippen molar-refractivity contribution in [2.24, 2.45) is 0 Å². The molecule has 0 saturated carbocycles. The molecular weight excluding hydrogens is 310 g/mol. The third-order valence-electron chi connectivity index (χ3n) is 3.79. The van der Waals surface area contributed by atoms with E-state index < -0.39 is 11.9 Å². The summed E-state index contributed by atoms with van der Waals surface area (Å²) in [6.07, 6.45) is 1.41. The van der Waals surface area contributed by atoms with Gasteiger partial charge < -0.3 is 24.7 Å². The van der Waals surface area contributed by atoms with Crippen molar-refractivity contribution in [3.8, 4) is 0 Å². The Morgan fingerprint density at radius 1 is 1.29 bits per heavy atom. The van der Waals surface area contributed by atoms with Crippen LogP contribution in [0.2, 0.25) is 0 Å². The zero-order valence-electron chi connectivity index (χ0n) is 13.3. The highest BCUT2D eigenvalue weighted by molar-refractivity contribution is 5.99. The molecule has 3 N–H and O–H groups in total. The molecule has 0 spiro atoms. The summed E-state index contributed by atoms with van der Waals surface area (Å²) in [6.45, 7) is 0.0814. The van der Waals surface area contributed by atoms with Crippen LogP contribution in [-0.4, -0.2) is 36.1 Å². The highest BCUT2D eigenvalue weighted by Gasteiger charge is 2.19. The monoisotopic (exact) mass is 327 g/mol. The minimum Gasteiger partial charge on any atom is -0.477 e. The second-order valence-electron chi connectivity index (χ2n) is 5.57. The molecule has 0 bridgehead atoms. The van der Waals surface area contributed by atoms with Gasteiger partial charge in [-0.2, -0.15) is 0 Å². The Labute approximate surface area is 137 Å². The van der Waals surface area contributed by atoms with E-state index >= 15 is 0 Å². The number of aromatic amines is 1. The number of carbonyl (C=O) groups is 2. The first kappa shape index (κ1) is 15.7. The maximum absolute atomic E-state index is 12.0. The number of anilines is 1. The van der Waals surface area contributed by atoms with Gasteiger partial charge in [-0.25, -0.2) is 4.79 Å².